The topological polar surface area (TPSA) is 75.6 Å². The van der Waals surface area contributed by atoms with Crippen molar-refractivity contribution in [3.8, 4) is 5.75 Å². The minimum Gasteiger partial charge on any atom is -0.479 e. The van der Waals surface area contributed by atoms with Gasteiger partial charge in [-0.1, -0.05) is 0 Å². The molecule has 0 aliphatic rings. The zero-order valence-electron chi connectivity index (χ0n) is 10.8. The highest BCUT2D eigenvalue weighted by atomic mass is 32.1. The van der Waals surface area contributed by atoms with E-state index in [9.17, 15) is 9.59 Å². The lowest BCUT2D eigenvalue weighted by atomic mass is 10.3. The number of hydrogen-bond donors (Lipinski definition) is 2. The van der Waals surface area contributed by atoms with Gasteiger partial charge in [0.05, 0.1) is 0 Å². The summed E-state index contributed by atoms with van der Waals surface area (Å²) in [6.07, 6.45) is -0.723. The second-order valence-corrected chi connectivity index (χ2v) is 5.54. The summed E-state index contributed by atoms with van der Waals surface area (Å²) in [5, 5.41) is 11.7. The molecule has 1 heterocycles. The van der Waals surface area contributed by atoms with Crippen molar-refractivity contribution in [2.75, 3.05) is 0 Å². The molecule has 0 fully saturated rings. The predicted octanol–water partition coefficient (Wildman–Crippen LogP) is 2.05. The van der Waals surface area contributed by atoms with Crippen molar-refractivity contribution in [3.63, 3.8) is 0 Å². The van der Waals surface area contributed by atoms with Crippen LogP contribution in [0.1, 0.15) is 35.3 Å². The molecule has 0 aliphatic heterocycles. The smallest absolute Gasteiger partial charge is 0.349 e. The van der Waals surface area contributed by atoms with Gasteiger partial charge in [0.1, 0.15) is 5.75 Å². The number of carboxylic acid groups (broad SMARTS) is 1. The van der Waals surface area contributed by atoms with Gasteiger partial charge in [0.2, 0.25) is 0 Å². The maximum Gasteiger partial charge on any atom is 0.349 e. The molecule has 1 rings (SSSR count). The van der Waals surface area contributed by atoms with Crippen molar-refractivity contribution in [2.45, 2.75) is 39.8 Å². The van der Waals surface area contributed by atoms with E-state index in [0.29, 0.717) is 0 Å². The third-order valence-corrected chi connectivity index (χ3v) is 3.14. The Hall–Kier alpha value is -1.56. The molecule has 0 aromatic carbocycles. The normalized spacial score (nSPS) is 12.3. The van der Waals surface area contributed by atoms with E-state index < -0.39 is 12.1 Å². The fraction of sp³-hybridized carbons (Fsp3) is 0.500. The standard InChI is InChI=1S/C12H17NO4S/c1-6(2)13-11(14)8(4)17-9-5-7(3)18-10(9)12(15)16/h5-6,8H,1-4H3,(H,13,14)(H,15,16). The number of carboxylic acids is 1. The monoisotopic (exact) mass is 271 g/mol. The quantitative estimate of drug-likeness (QED) is 0.859. The van der Waals surface area contributed by atoms with Gasteiger partial charge in [0, 0.05) is 10.9 Å². The van der Waals surface area contributed by atoms with Crippen molar-refractivity contribution in [1.29, 1.82) is 0 Å². The van der Waals surface area contributed by atoms with Crippen LogP contribution in [0.25, 0.3) is 0 Å². The van der Waals surface area contributed by atoms with E-state index in [2.05, 4.69) is 5.32 Å². The molecule has 1 unspecified atom stereocenters. The highest BCUT2D eigenvalue weighted by Crippen LogP contribution is 2.29. The van der Waals surface area contributed by atoms with E-state index >= 15 is 0 Å². The molecular formula is C12H17NO4S. The maximum atomic E-state index is 11.7. The van der Waals surface area contributed by atoms with Gasteiger partial charge in [0.25, 0.3) is 5.91 Å². The van der Waals surface area contributed by atoms with Crippen LogP contribution in [0.4, 0.5) is 0 Å². The van der Waals surface area contributed by atoms with E-state index in [0.717, 1.165) is 16.2 Å². The highest BCUT2D eigenvalue weighted by Gasteiger charge is 2.21. The lowest BCUT2D eigenvalue weighted by Crippen LogP contribution is -2.40. The van der Waals surface area contributed by atoms with Crippen molar-refractivity contribution in [2.24, 2.45) is 0 Å². The Morgan fingerprint density at radius 3 is 2.50 bits per heavy atom. The fourth-order valence-corrected chi connectivity index (χ4v) is 2.16. The number of rotatable bonds is 5. The van der Waals surface area contributed by atoms with Crippen LogP contribution in [0, 0.1) is 6.92 Å². The molecule has 100 valence electrons. The Morgan fingerprint density at radius 1 is 1.39 bits per heavy atom. The van der Waals surface area contributed by atoms with E-state index in [-0.39, 0.29) is 22.6 Å². The summed E-state index contributed by atoms with van der Waals surface area (Å²) in [5.41, 5.74) is 0. The minimum absolute atomic E-state index is 0.0201. The Kier molecular flexibility index (Phi) is 4.72. The number of amides is 1. The molecule has 1 amide bonds. The van der Waals surface area contributed by atoms with Crippen LogP contribution in [0.5, 0.6) is 5.75 Å². The van der Waals surface area contributed by atoms with E-state index in [1.165, 1.54) is 0 Å². The summed E-state index contributed by atoms with van der Waals surface area (Å²) in [6, 6.07) is 1.65. The number of carbonyl (C=O) groups is 2. The van der Waals surface area contributed by atoms with Crippen LogP contribution in [-0.2, 0) is 4.79 Å². The molecule has 2 N–H and O–H groups in total. The number of carbonyl (C=O) groups excluding carboxylic acids is 1. The van der Waals surface area contributed by atoms with Crippen LogP contribution in [0.2, 0.25) is 0 Å². The van der Waals surface area contributed by atoms with Crippen molar-refractivity contribution in [1.82, 2.24) is 5.32 Å². The van der Waals surface area contributed by atoms with Gasteiger partial charge in [-0.25, -0.2) is 4.79 Å². The van der Waals surface area contributed by atoms with Gasteiger partial charge in [-0.05, 0) is 33.8 Å². The summed E-state index contributed by atoms with van der Waals surface area (Å²) >= 11 is 1.13. The number of aromatic carboxylic acids is 1. The molecular weight excluding hydrogens is 254 g/mol. The van der Waals surface area contributed by atoms with Crippen LogP contribution in [0.15, 0.2) is 6.07 Å². The third-order valence-electron chi connectivity index (χ3n) is 2.12. The Morgan fingerprint density at radius 2 is 2.00 bits per heavy atom. The maximum absolute atomic E-state index is 11.7. The highest BCUT2D eigenvalue weighted by molar-refractivity contribution is 7.14. The van der Waals surface area contributed by atoms with E-state index in [4.69, 9.17) is 9.84 Å². The van der Waals surface area contributed by atoms with Crippen molar-refractivity contribution < 1.29 is 19.4 Å². The van der Waals surface area contributed by atoms with Gasteiger partial charge < -0.3 is 15.2 Å². The predicted molar refractivity (Wildman–Crippen MR) is 69.4 cm³/mol. The second kappa shape index (κ2) is 5.86. The Bertz CT molecular complexity index is 453. The van der Waals surface area contributed by atoms with Crippen LogP contribution in [-0.4, -0.2) is 29.1 Å². The van der Waals surface area contributed by atoms with Crippen LogP contribution in [0.3, 0.4) is 0 Å². The summed E-state index contributed by atoms with van der Waals surface area (Å²) in [7, 11) is 0. The molecule has 1 atom stereocenters. The molecule has 1 aromatic heterocycles. The molecule has 0 bridgehead atoms. The number of thiophene rings is 1. The molecule has 0 saturated carbocycles. The first-order valence-electron chi connectivity index (χ1n) is 5.62. The zero-order chi connectivity index (χ0) is 13.9. The van der Waals surface area contributed by atoms with Gasteiger partial charge in [-0.2, -0.15) is 0 Å². The van der Waals surface area contributed by atoms with Crippen LogP contribution < -0.4 is 10.1 Å². The summed E-state index contributed by atoms with van der Waals surface area (Å²) < 4.78 is 5.41. The molecule has 1 aromatic rings. The van der Waals surface area contributed by atoms with Crippen LogP contribution >= 0.6 is 11.3 Å². The van der Waals surface area contributed by atoms with Gasteiger partial charge in [-0.3, -0.25) is 4.79 Å². The summed E-state index contributed by atoms with van der Waals surface area (Å²) in [4.78, 5) is 23.6. The SMILES string of the molecule is Cc1cc(OC(C)C(=O)NC(C)C)c(C(=O)O)s1. The molecule has 0 aliphatic carbocycles. The fourth-order valence-electron chi connectivity index (χ4n) is 1.37. The average Bonchev–Trinajstić information content (AvgIpc) is 2.58. The Balaban J connectivity index is 2.78. The summed E-state index contributed by atoms with van der Waals surface area (Å²) in [5.74, 6) is -1.05. The van der Waals surface area contributed by atoms with E-state index in [1.807, 2.05) is 13.8 Å². The van der Waals surface area contributed by atoms with Gasteiger partial charge >= 0.3 is 5.97 Å². The number of ether oxygens (including phenoxy) is 1. The van der Waals surface area contributed by atoms with Crippen molar-refractivity contribution in [3.05, 3.63) is 15.8 Å². The second-order valence-electron chi connectivity index (χ2n) is 4.28. The molecule has 18 heavy (non-hydrogen) atoms. The molecule has 0 radical (unpaired) electrons. The zero-order valence-corrected chi connectivity index (χ0v) is 11.6. The third kappa shape index (κ3) is 3.73. The van der Waals surface area contributed by atoms with Crippen molar-refractivity contribution >= 4 is 23.2 Å². The minimum atomic E-state index is -1.04. The lowest BCUT2D eigenvalue weighted by molar-refractivity contribution is -0.127. The number of aryl methyl sites for hydroxylation is 1. The van der Waals surface area contributed by atoms with Gasteiger partial charge in [0.15, 0.2) is 11.0 Å². The first-order valence-corrected chi connectivity index (χ1v) is 6.43. The molecule has 0 saturated heterocycles. The summed E-state index contributed by atoms with van der Waals surface area (Å²) in [6.45, 7) is 7.09. The van der Waals surface area contributed by atoms with E-state index in [1.54, 1.807) is 19.9 Å². The Labute approximate surface area is 110 Å². The molecule has 0 spiro atoms. The number of nitrogens with one attached hydrogen (secondary N) is 1. The first-order chi connectivity index (χ1) is 8.31. The number of hydrogen-bond acceptors (Lipinski definition) is 4. The largest absolute Gasteiger partial charge is 0.479 e. The molecule has 5 nitrogen and oxygen atoms in total. The first kappa shape index (κ1) is 14.5. The molecule has 6 heteroatoms. The lowest BCUT2D eigenvalue weighted by Gasteiger charge is -2.16. The average molecular weight is 271 g/mol. The van der Waals surface area contributed by atoms with Gasteiger partial charge in [-0.15, -0.1) is 11.3 Å².